The number of halogens is 2. The Morgan fingerprint density at radius 2 is 1.04 bits per heavy atom. The topological polar surface area (TPSA) is 0 Å². The quantitative estimate of drug-likeness (QED) is 0.181. The molecule has 52 heavy (non-hydrogen) atoms. The molecule has 0 saturated heterocycles. The second-order valence-electron chi connectivity index (χ2n) is 18.3. The molecule has 6 rings (SSSR count). The summed E-state index contributed by atoms with van der Waals surface area (Å²) in [5, 5.41) is 0. The molecule has 0 nitrogen and oxygen atoms in total. The van der Waals surface area contributed by atoms with Crippen LogP contribution in [0.2, 0.25) is 0 Å². The summed E-state index contributed by atoms with van der Waals surface area (Å²) in [4.78, 5) is 0. The summed E-state index contributed by atoms with van der Waals surface area (Å²) < 4.78 is 3.82. The standard InChI is InChI=1S/C21H25.C15H14.C13H21.2ClH.Zr/c1-20(2,3)16-9-7-14-11-15-8-10-17(21(4,5)6)13-19(15)18(14)12-16;1-12-3-7-14(8-4-12)11-15-9-5-13(2)6-10-15;1-5-6-7-11-8-9-12(10-11)13(2,3)4;;;/h7-13H,1-6H3;3-10H,1-2H3;9-11H,5-7H2,1-4H3;2*1H;/q;;;;;+2/p-2. The molecule has 0 N–H and O–H groups in total. The van der Waals surface area contributed by atoms with Crippen molar-refractivity contribution in [2.75, 3.05) is 0 Å². The van der Waals surface area contributed by atoms with E-state index in [2.05, 4.69) is 180 Å². The number of hydrogen-bond acceptors (Lipinski definition) is 0. The van der Waals surface area contributed by atoms with Gasteiger partial charge >= 0.3 is 314 Å². The number of aryl methyl sites for hydroxylation is 2. The molecule has 0 aromatic heterocycles. The average Bonchev–Trinajstić information content (AvgIpc) is 3.62. The molecule has 2 aliphatic rings. The third-order valence-corrected chi connectivity index (χ3v) is 19.6. The molecule has 4 aromatic carbocycles. The number of hydrogen-bond donors (Lipinski definition) is 0. The minimum Gasteiger partial charge on any atom is -1.00 e. The van der Waals surface area contributed by atoms with Gasteiger partial charge in [-0.15, -0.1) is 0 Å². The van der Waals surface area contributed by atoms with E-state index in [1.807, 2.05) is 0 Å². The number of unbranched alkanes of at least 4 members (excludes halogenated alkanes) is 1. The summed E-state index contributed by atoms with van der Waals surface area (Å²) in [5.74, 6) is 0.500. The van der Waals surface area contributed by atoms with E-state index in [-0.39, 0.29) is 41.1 Å². The third-order valence-electron chi connectivity index (χ3n) is 11.1. The molecular weight excluding hydrogens is 751 g/mol. The summed E-state index contributed by atoms with van der Waals surface area (Å²) in [7, 11) is 0. The minimum absolute atomic E-state index is 0. The Balaban J connectivity index is 0.00000302. The van der Waals surface area contributed by atoms with Gasteiger partial charge in [0.05, 0.1) is 0 Å². The fourth-order valence-corrected chi connectivity index (χ4v) is 17.6. The zero-order valence-electron chi connectivity index (χ0n) is 33.8. The van der Waals surface area contributed by atoms with Crippen molar-refractivity contribution in [1.82, 2.24) is 0 Å². The van der Waals surface area contributed by atoms with Crippen molar-refractivity contribution in [2.45, 2.75) is 117 Å². The molecule has 3 heteroatoms. The van der Waals surface area contributed by atoms with Crippen LogP contribution in [0.3, 0.4) is 0 Å². The van der Waals surface area contributed by atoms with Crippen LogP contribution >= 0.6 is 0 Å². The van der Waals surface area contributed by atoms with Gasteiger partial charge in [0, 0.05) is 0 Å². The molecule has 0 aliphatic heterocycles. The van der Waals surface area contributed by atoms with E-state index in [9.17, 15) is 0 Å². The first-order chi connectivity index (χ1) is 23.5. The van der Waals surface area contributed by atoms with E-state index in [1.165, 1.54) is 69.3 Å². The maximum Gasteiger partial charge on any atom is -1.00 e. The smallest absolute Gasteiger partial charge is 1.00 e. The van der Waals surface area contributed by atoms with Gasteiger partial charge in [0.15, 0.2) is 0 Å². The van der Waals surface area contributed by atoms with Crippen LogP contribution in [0, 0.1) is 25.2 Å². The molecule has 0 saturated carbocycles. The molecule has 0 bridgehead atoms. The van der Waals surface area contributed by atoms with E-state index in [0.29, 0.717) is 9.54 Å². The molecule has 1 atom stereocenters. The first-order valence-corrected chi connectivity index (χ1v) is 23.0. The molecule has 0 amide bonds. The van der Waals surface area contributed by atoms with Gasteiger partial charge in [0.2, 0.25) is 0 Å². The Kier molecular flexibility index (Phi) is 13.2. The molecule has 0 heterocycles. The van der Waals surface area contributed by atoms with Gasteiger partial charge in [-0.3, -0.25) is 0 Å². The van der Waals surface area contributed by atoms with Crippen LogP contribution in [-0.4, -0.2) is 3.21 Å². The molecule has 0 radical (unpaired) electrons. The third kappa shape index (κ3) is 8.64. The molecule has 0 fully saturated rings. The summed E-state index contributed by atoms with van der Waals surface area (Å²) in [6.45, 7) is 28.2. The SMILES string of the molecule is CCCCC1C=C(C(C)(C)C)C=[C]1[Zr+2](=[C](c1ccc(C)cc1)c1ccc(C)cc1)[CH]1c2ccc(C(C)(C)C)cc2-c2cc(C(C)(C)C)ccc21.[Cl-].[Cl-]. The molecule has 0 spiro atoms. The van der Waals surface area contributed by atoms with Crippen LogP contribution in [0.5, 0.6) is 0 Å². The Labute approximate surface area is 336 Å². The van der Waals surface area contributed by atoms with Crippen LogP contribution in [0.4, 0.5) is 0 Å². The molecular formula is C49H60Cl2Zr. The van der Waals surface area contributed by atoms with Gasteiger partial charge in [-0.1, -0.05) is 0 Å². The Morgan fingerprint density at radius 1 is 0.596 bits per heavy atom. The molecule has 4 aromatic rings. The van der Waals surface area contributed by atoms with Crippen LogP contribution in [0.1, 0.15) is 137 Å². The fraction of sp³-hybridized carbons (Fsp3) is 0.408. The van der Waals surface area contributed by atoms with E-state index in [1.54, 1.807) is 17.6 Å². The van der Waals surface area contributed by atoms with Crippen LogP contribution in [0.25, 0.3) is 11.1 Å². The van der Waals surface area contributed by atoms with E-state index >= 15 is 0 Å². The van der Waals surface area contributed by atoms with Crippen molar-refractivity contribution < 1.29 is 46.1 Å². The van der Waals surface area contributed by atoms with Crippen LogP contribution < -0.4 is 24.8 Å². The summed E-state index contributed by atoms with van der Waals surface area (Å²) in [5.41, 5.74) is 16.2. The number of rotatable bonds is 7. The largest absolute Gasteiger partial charge is 1.00 e. The average molecular weight is 811 g/mol. The zero-order valence-corrected chi connectivity index (χ0v) is 37.7. The normalized spacial score (nSPS) is 15.4. The van der Waals surface area contributed by atoms with Crippen molar-refractivity contribution in [3.8, 4) is 11.1 Å². The second kappa shape index (κ2) is 16.2. The van der Waals surface area contributed by atoms with Gasteiger partial charge in [-0.25, -0.2) is 0 Å². The summed E-state index contributed by atoms with van der Waals surface area (Å²) in [6.07, 6.45) is 9.14. The van der Waals surface area contributed by atoms with Crippen molar-refractivity contribution in [3.05, 3.63) is 150 Å². The maximum absolute atomic E-state index is 2.92. The number of fused-ring (bicyclic) bond motifs is 3. The molecule has 274 valence electrons. The summed E-state index contributed by atoms with van der Waals surface area (Å²) in [6, 6.07) is 34.2. The Hall–Kier alpha value is -2.31. The maximum atomic E-state index is 2.72. The first kappa shape index (κ1) is 42.4. The minimum atomic E-state index is -2.92. The van der Waals surface area contributed by atoms with Gasteiger partial charge in [-0.2, -0.15) is 0 Å². The Bertz CT molecular complexity index is 1870. The van der Waals surface area contributed by atoms with E-state index in [4.69, 9.17) is 0 Å². The van der Waals surface area contributed by atoms with Crippen LogP contribution in [-0.2, 0) is 32.1 Å². The number of benzene rings is 4. The fourth-order valence-electron chi connectivity index (χ4n) is 7.90. The second-order valence-corrected chi connectivity index (χ2v) is 24.4. The van der Waals surface area contributed by atoms with Gasteiger partial charge in [-0.05, 0) is 0 Å². The van der Waals surface area contributed by atoms with Crippen LogP contribution in [0.15, 0.2) is 106 Å². The van der Waals surface area contributed by atoms with Gasteiger partial charge in [0.25, 0.3) is 0 Å². The van der Waals surface area contributed by atoms with E-state index < -0.39 is 21.3 Å². The van der Waals surface area contributed by atoms with Crippen molar-refractivity contribution in [1.29, 1.82) is 0 Å². The Morgan fingerprint density at radius 3 is 1.42 bits per heavy atom. The zero-order chi connectivity index (χ0) is 36.2. The predicted octanol–water partition coefficient (Wildman–Crippen LogP) is 7.54. The van der Waals surface area contributed by atoms with Crippen molar-refractivity contribution >= 4 is 3.21 Å². The summed E-state index contributed by atoms with van der Waals surface area (Å²) >= 11 is -2.92. The monoisotopic (exact) mass is 808 g/mol. The van der Waals surface area contributed by atoms with Gasteiger partial charge in [0.1, 0.15) is 0 Å². The molecule has 2 aliphatic carbocycles. The van der Waals surface area contributed by atoms with Crippen molar-refractivity contribution in [3.63, 3.8) is 0 Å². The van der Waals surface area contributed by atoms with Gasteiger partial charge < -0.3 is 24.8 Å². The first-order valence-electron chi connectivity index (χ1n) is 19.1. The molecule has 1 unspecified atom stereocenters. The predicted molar refractivity (Wildman–Crippen MR) is 215 cm³/mol. The van der Waals surface area contributed by atoms with Crippen molar-refractivity contribution in [2.24, 2.45) is 11.3 Å². The number of allylic oxidation sites excluding steroid dienone is 4. The van der Waals surface area contributed by atoms with E-state index in [0.717, 1.165) is 0 Å².